The van der Waals surface area contributed by atoms with Gasteiger partial charge in [0.15, 0.2) is 0 Å². The van der Waals surface area contributed by atoms with E-state index in [0.29, 0.717) is 5.88 Å². The van der Waals surface area contributed by atoms with Crippen LogP contribution in [0.2, 0.25) is 0 Å². The lowest BCUT2D eigenvalue weighted by Crippen LogP contribution is -2.01. The molecule has 1 heterocycles. The summed E-state index contributed by atoms with van der Waals surface area (Å²) in [6, 6.07) is 1.96. The van der Waals surface area contributed by atoms with E-state index in [1.165, 1.54) is 19.3 Å². The first-order valence-corrected chi connectivity index (χ1v) is 6.45. The summed E-state index contributed by atoms with van der Waals surface area (Å²) in [5.41, 5.74) is 1.94. The summed E-state index contributed by atoms with van der Waals surface area (Å²) in [5, 5.41) is 0. The minimum absolute atomic E-state index is 0.456. The first kappa shape index (κ1) is 13.3. The molecule has 1 aromatic heterocycles. The van der Waals surface area contributed by atoms with Crippen LogP contribution in [0.4, 0.5) is 0 Å². The second kappa shape index (κ2) is 7.50. The largest absolute Gasteiger partial charge is 0.493 e. The van der Waals surface area contributed by atoms with Crippen molar-refractivity contribution in [1.82, 2.24) is 4.98 Å². The Morgan fingerprint density at radius 3 is 2.81 bits per heavy atom. The molecular formula is C13H20ClNO. The zero-order valence-corrected chi connectivity index (χ0v) is 10.9. The smallest absolute Gasteiger partial charge is 0.127 e. The molecule has 3 heteroatoms. The number of ether oxygens (including phenoxy) is 1. The van der Waals surface area contributed by atoms with E-state index in [-0.39, 0.29) is 0 Å². The Hall–Kier alpha value is -0.760. The molecule has 16 heavy (non-hydrogen) atoms. The molecule has 0 radical (unpaired) electrons. The molecular weight excluding hydrogens is 222 g/mol. The zero-order valence-electron chi connectivity index (χ0n) is 10.1. The van der Waals surface area contributed by atoms with Crippen molar-refractivity contribution >= 4 is 11.6 Å². The Bertz CT molecular complexity index is 315. The molecule has 0 unspecified atom stereocenters. The van der Waals surface area contributed by atoms with Crippen LogP contribution in [0.3, 0.4) is 0 Å². The molecule has 0 amide bonds. The second-order valence-corrected chi connectivity index (χ2v) is 4.24. The van der Waals surface area contributed by atoms with Gasteiger partial charge in [-0.1, -0.05) is 26.2 Å². The highest BCUT2D eigenvalue weighted by atomic mass is 35.5. The number of pyridine rings is 1. The van der Waals surface area contributed by atoms with Gasteiger partial charge in [-0.05, 0) is 13.3 Å². The Morgan fingerprint density at radius 1 is 1.31 bits per heavy atom. The number of halogens is 1. The van der Waals surface area contributed by atoms with Gasteiger partial charge in [0, 0.05) is 23.5 Å². The van der Waals surface area contributed by atoms with Gasteiger partial charge in [0.05, 0.1) is 12.5 Å². The van der Waals surface area contributed by atoms with E-state index in [0.717, 1.165) is 30.0 Å². The molecule has 2 nitrogen and oxygen atoms in total. The molecule has 1 rings (SSSR count). The molecule has 90 valence electrons. The fraction of sp³-hybridized carbons (Fsp3) is 0.615. The molecule has 0 spiro atoms. The van der Waals surface area contributed by atoms with Crippen molar-refractivity contribution in [1.29, 1.82) is 0 Å². The summed E-state index contributed by atoms with van der Waals surface area (Å²) in [6.45, 7) is 4.94. The summed E-state index contributed by atoms with van der Waals surface area (Å²) in [4.78, 5) is 4.20. The van der Waals surface area contributed by atoms with Crippen molar-refractivity contribution in [3.05, 3.63) is 23.5 Å². The predicted molar refractivity (Wildman–Crippen MR) is 68.2 cm³/mol. The number of nitrogens with zero attached hydrogens (tertiary/aromatic N) is 1. The summed E-state index contributed by atoms with van der Waals surface area (Å²) < 4.78 is 5.73. The molecule has 0 N–H and O–H groups in total. The molecule has 0 aliphatic heterocycles. The van der Waals surface area contributed by atoms with Crippen LogP contribution < -0.4 is 4.74 Å². The highest BCUT2D eigenvalue weighted by Gasteiger charge is 2.03. The monoisotopic (exact) mass is 241 g/mol. The maximum atomic E-state index is 5.83. The van der Waals surface area contributed by atoms with Gasteiger partial charge in [0.1, 0.15) is 5.75 Å². The third kappa shape index (κ3) is 4.40. The van der Waals surface area contributed by atoms with E-state index >= 15 is 0 Å². The quantitative estimate of drug-likeness (QED) is 0.530. The summed E-state index contributed by atoms with van der Waals surface area (Å²) in [7, 11) is 0. The minimum atomic E-state index is 0.456. The first-order valence-electron chi connectivity index (χ1n) is 5.92. The van der Waals surface area contributed by atoms with Crippen LogP contribution >= 0.6 is 11.6 Å². The minimum Gasteiger partial charge on any atom is -0.493 e. The van der Waals surface area contributed by atoms with Gasteiger partial charge in [-0.2, -0.15) is 0 Å². The van der Waals surface area contributed by atoms with Crippen LogP contribution in [0, 0.1) is 6.92 Å². The standard InChI is InChI=1S/C13H20ClNO/c1-3-4-5-6-7-16-13-8-11(2)15-10-12(13)9-14/h8,10H,3-7,9H2,1-2H3. The average Bonchev–Trinajstić information content (AvgIpc) is 2.29. The van der Waals surface area contributed by atoms with E-state index in [1.807, 2.05) is 13.0 Å². The first-order chi connectivity index (χ1) is 7.77. The topological polar surface area (TPSA) is 22.1 Å². The third-order valence-corrected chi connectivity index (χ3v) is 2.77. The number of rotatable bonds is 7. The van der Waals surface area contributed by atoms with Crippen LogP contribution in [-0.2, 0) is 5.88 Å². The third-order valence-electron chi connectivity index (χ3n) is 2.48. The van der Waals surface area contributed by atoms with E-state index in [9.17, 15) is 0 Å². The molecule has 0 bridgehead atoms. The fourth-order valence-electron chi connectivity index (χ4n) is 1.51. The van der Waals surface area contributed by atoms with Crippen LogP contribution in [0.1, 0.15) is 43.9 Å². The lowest BCUT2D eigenvalue weighted by Gasteiger charge is -2.10. The predicted octanol–water partition coefficient (Wildman–Crippen LogP) is 4.09. The zero-order chi connectivity index (χ0) is 11.8. The van der Waals surface area contributed by atoms with Crippen molar-refractivity contribution < 1.29 is 4.74 Å². The average molecular weight is 242 g/mol. The Labute approximate surface area is 103 Å². The van der Waals surface area contributed by atoms with E-state index in [1.54, 1.807) is 6.20 Å². The number of unbranched alkanes of at least 4 members (excludes halogenated alkanes) is 3. The van der Waals surface area contributed by atoms with Crippen molar-refractivity contribution in [3.63, 3.8) is 0 Å². The Kier molecular flexibility index (Phi) is 6.24. The molecule has 0 atom stereocenters. The van der Waals surface area contributed by atoms with Gasteiger partial charge < -0.3 is 4.74 Å². The van der Waals surface area contributed by atoms with Crippen LogP contribution in [0.25, 0.3) is 0 Å². The van der Waals surface area contributed by atoms with Crippen molar-refractivity contribution in [2.24, 2.45) is 0 Å². The van der Waals surface area contributed by atoms with Gasteiger partial charge in [-0.3, -0.25) is 4.98 Å². The summed E-state index contributed by atoms with van der Waals surface area (Å²) in [5.74, 6) is 1.34. The van der Waals surface area contributed by atoms with Crippen molar-refractivity contribution in [2.75, 3.05) is 6.61 Å². The number of aromatic nitrogens is 1. The fourth-order valence-corrected chi connectivity index (χ4v) is 1.71. The van der Waals surface area contributed by atoms with Crippen molar-refractivity contribution in [2.45, 2.75) is 45.4 Å². The normalized spacial score (nSPS) is 10.4. The molecule has 0 aromatic carbocycles. The number of hydrogen-bond donors (Lipinski definition) is 0. The molecule has 0 saturated heterocycles. The number of alkyl halides is 1. The summed E-state index contributed by atoms with van der Waals surface area (Å²) >= 11 is 5.83. The number of aryl methyl sites for hydroxylation is 1. The summed E-state index contributed by atoms with van der Waals surface area (Å²) in [6.07, 6.45) is 6.67. The molecule has 0 aliphatic rings. The lowest BCUT2D eigenvalue weighted by molar-refractivity contribution is 0.302. The second-order valence-electron chi connectivity index (χ2n) is 3.98. The van der Waals surface area contributed by atoms with Gasteiger partial charge in [-0.15, -0.1) is 11.6 Å². The van der Waals surface area contributed by atoms with E-state index in [4.69, 9.17) is 16.3 Å². The SMILES string of the molecule is CCCCCCOc1cc(C)ncc1CCl. The molecule has 0 aliphatic carbocycles. The Morgan fingerprint density at radius 2 is 2.12 bits per heavy atom. The van der Waals surface area contributed by atoms with Gasteiger partial charge in [-0.25, -0.2) is 0 Å². The van der Waals surface area contributed by atoms with Gasteiger partial charge in [0.25, 0.3) is 0 Å². The Balaban J connectivity index is 2.42. The van der Waals surface area contributed by atoms with Crippen molar-refractivity contribution in [3.8, 4) is 5.75 Å². The molecule has 0 fully saturated rings. The van der Waals surface area contributed by atoms with Crippen LogP contribution in [0.15, 0.2) is 12.3 Å². The van der Waals surface area contributed by atoms with E-state index in [2.05, 4.69) is 11.9 Å². The van der Waals surface area contributed by atoms with Gasteiger partial charge in [0.2, 0.25) is 0 Å². The van der Waals surface area contributed by atoms with Crippen LogP contribution in [-0.4, -0.2) is 11.6 Å². The highest BCUT2D eigenvalue weighted by Crippen LogP contribution is 2.20. The lowest BCUT2D eigenvalue weighted by atomic mass is 10.2. The molecule has 0 saturated carbocycles. The maximum absolute atomic E-state index is 5.83. The van der Waals surface area contributed by atoms with Gasteiger partial charge >= 0.3 is 0 Å². The highest BCUT2D eigenvalue weighted by molar-refractivity contribution is 6.17. The molecule has 1 aromatic rings. The number of hydrogen-bond acceptors (Lipinski definition) is 2. The van der Waals surface area contributed by atoms with E-state index < -0.39 is 0 Å². The van der Waals surface area contributed by atoms with Crippen LogP contribution in [0.5, 0.6) is 5.75 Å². The maximum Gasteiger partial charge on any atom is 0.127 e.